The summed E-state index contributed by atoms with van der Waals surface area (Å²) >= 11 is 0. The van der Waals surface area contributed by atoms with Gasteiger partial charge in [-0.05, 0) is 31.2 Å². The summed E-state index contributed by atoms with van der Waals surface area (Å²) in [6, 6.07) is 16.8. The predicted molar refractivity (Wildman–Crippen MR) is 114 cm³/mol. The van der Waals surface area contributed by atoms with Crippen LogP contribution in [0, 0.1) is 12.3 Å². The van der Waals surface area contributed by atoms with Crippen LogP contribution in [0.3, 0.4) is 0 Å². The van der Waals surface area contributed by atoms with Crippen molar-refractivity contribution in [1.82, 2.24) is 20.2 Å². The summed E-state index contributed by atoms with van der Waals surface area (Å²) in [4.78, 5) is 9.68. The first-order chi connectivity index (χ1) is 13.6. The van der Waals surface area contributed by atoms with E-state index in [4.69, 9.17) is 5.41 Å². The number of imidazole rings is 1. The van der Waals surface area contributed by atoms with Crippen LogP contribution in [0.2, 0.25) is 0 Å². The molecule has 3 aromatic rings. The van der Waals surface area contributed by atoms with E-state index in [-0.39, 0.29) is 0 Å². The Morgan fingerprint density at radius 1 is 1.18 bits per heavy atom. The van der Waals surface area contributed by atoms with E-state index in [0.29, 0.717) is 18.8 Å². The van der Waals surface area contributed by atoms with Crippen LogP contribution in [0.5, 0.6) is 0 Å². The van der Waals surface area contributed by atoms with E-state index in [1.165, 1.54) is 16.7 Å². The molecule has 0 atom stereocenters. The molecule has 1 aliphatic heterocycles. The number of aromatic amines is 1. The Kier molecular flexibility index (Phi) is 5.08. The van der Waals surface area contributed by atoms with Crippen molar-refractivity contribution in [3.8, 4) is 11.4 Å². The number of benzene rings is 2. The van der Waals surface area contributed by atoms with Gasteiger partial charge in [0.1, 0.15) is 5.82 Å². The maximum Gasteiger partial charge on any atom is 0.137 e. The molecular formula is C23H25N5. The first-order valence-electron chi connectivity index (χ1n) is 9.50. The zero-order valence-electron chi connectivity index (χ0n) is 16.3. The number of aryl methyl sites for hydroxylation is 1. The standard InChI is InChI=1S/C23H25N5/c1-16-6-3-4-9-19(16)22(20-14-28(2)15-21(20)24)27-13-17-7-5-8-18(12-17)23-25-10-11-26-23/h3-12,24,27H,13-15H2,1-2H3,(H,25,26)/b22-20-,24-21?. The van der Waals surface area contributed by atoms with Crippen molar-refractivity contribution >= 4 is 11.4 Å². The number of likely N-dealkylation sites (N-methyl/N-ethyl adjacent to an activating group) is 1. The number of hydrogen-bond acceptors (Lipinski definition) is 4. The Balaban J connectivity index is 1.65. The van der Waals surface area contributed by atoms with Gasteiger partial charge < -0.3 is 15.7 Å². The molecule has 0 amide bonds. The molecule has 1 aliphatic rings. The van der Waals surface area contributed by atoms with Crippen LogP contribution in [0.4, 0.5) is 0 Å². The summed E-state index contributed by atoms with van der Waals surface area (Å²) in [5, 5.41) is 12.1. The molecule has 0 spiro atoms. The molecule has 0 bridgehead atoms. The molecule has 5 heteroatoms. The molecule has 3 N–H and O–H groups in total. The number of aromatic nitrogens is 2. The lowest BCUT2D eigenvalue weighted by molar-refractivity contribution is 0.444. The molecule has 28 heavy (non-hydrogen) atoms. The van der Waals surface area contributed by atoms with E-state index in [2.05, 4.69) is 82.7 Å². The highest BCUT2D eigenvalue weighted by molar-refractivity contribution is 6.07. The van der Waals surface area contributed by atoms with Crippen LogP contribution in [-0.2, 0) is 6.54 Å². The van der Waals surface area contributed by atoms with Gasteiger partial charge in [-0.2, -0.15) is 0 Å². The fraction of sp³-hybridized carbons (Fsp3) is 0.217. The van der Waals surface area contributed by atoms with Crippen molar-refractivity contribution in [3.05, 3.63) is 83.2 Å². The predicted octanol–water partition coefficient (Wildman–Crippen LogP) is 3.85. The first kappa shape index (κ1) is 18.2. The first-order valence-corrected chi connectivity index (χ1v) is 9.50. The third-order valence-corrected chi connectivity index (χ3v) is 5.10. The second-order valence-corrected chi connectivity index (χ2v) is 7.31. The maximum atomic E-state index is 8.45. The Hall–Kier alpha value is -3.18. The summed E-state index contributed by atoms with van der Waals surface area (Å²) in [6.45, 7) is 4.30. The minimum Gasteiger partial charge on any atom is -0.380 e. The van der Waals surface area contributed by atoms with Crippen LogP contribution >= 0.6 is 0 Å². The van der Waals surface area contributed by atoms with Gasteiger partial charge in [0.05, 0.1) is 5.71 Å². The zero-order chi connectivity index (χ0) is 19.5. The number of hydrogen-bond donors (Lipinski definition) is 3. The molecule has 1 saturated heterocycles. The molecule has 4 rings (SSSR count). The Bertz CT molecular complexity index is 1020. The summed E-state index contributed by atoms with van der Waals surface area (Å²) < 4.78 is 0. The van der Waals surface area contributed by atoms with E-state index < -0.39 is 0 Å². The third kappa shape index (κ3) is 3.75. The van der Waals surface area contributed by atoms with Gasteiger partial charge in [-0.1, -0.05) is 42.5 Å². The van der Waals surface area contributed by atoms with Crippen molar-refractivity contribution in [2.24, 2.45) is 0 Å². The number of H-pyrrole nitrogens is 1. The topological polar surface area (TPSA) is 67.8 Å². The summed E-state index contributed by atoms with van der Waals surface area (Å²) in [7, 11) is 2.06. The lowest BCUT2D eigenvalue weighted by Gasteiger charge is -2.17. The molecule has 1 fully saturated rings. The highest BCUT2D eigenvalue weighted by atomic mass is 15.1. The van der Waals surface area contributed by atoms with Crippen molar-refractivity contribution in [2.45, 2.75) is 13.5 Å². The Labute approximate surface area is 165 Å². The second kappa shape index (κ2) is 7.82. The minimum atomic E-state index is 0.692. The zero-order valence-corrected chi connectivity index (χ0v) is 16.3. The highest BCUT2D eigenvalue weighted by Crippen LogP contribution is 2.25. The molecule has 2 aromatic carbocycles. The highest BCUT2D eigenvalue weighted by Gasteiger charge is 2.23. The molecule has 0 radical (unpaired) electrons. The summed E-state index contributed by atoms with van der Waals surface area (Å²) in [6.07, 6.45) is 3.60. The smallest absolute Gasteiger partial charge is 0.137 e. The van der Waals surface area contributed by atoms with E-state index >= 15 is 0 Å². The largest absolute Gasteiger partial charge is 0.380 e. The normalized spacial score (nSPS) is 16.4. The van der Waals surface area contributed by atoms with Gasteiger partial charge in [0.2, 0.25) is 0 Å². The van der Waals surface area contributed by atoms with Gasteiger partial charge in [0.25, 0.3) is 0 Å². The van der Waals surface area contributed by atoms with Crippen molar-refractivity contribution in [2.75, 3.05) is 20.1 Å². The van der Waals surface area contributed by atoms with Crippen molar-refractivity contribution in [3.63, 3.8) is 0 Å². The monoisotopic (exact) mass is 371 g/mol. The number of likely N-dealkylation sites (tertiary alicyclic amines) is 1. The van der Waals surface area contributed by atoms with Crippen molar-refractivity contribution in [1.29, 1.82) is 5.41 Å². The SMILES string of the molecule is Cc1ccccc1/C(NCc1cccc(-c2ncc[nH]2)c1)=C1\CN(C)CC1=N. The fourth-order valence-corrected chi connectivity index (χ4v) is 3.68. The summed E-state index contributed by atoms with van der Waals surface area (Å²) in [5.74, 6) is 0.874. The van der Waals surface area contributed by atoms with Gasteiger partial charge in [0.15, 0.2) is 0 Å². The van der Waals surface area contributed by atoms with Crippen LogP contribution in [0.15, 0.2) is 66.5 Å². The minimum absolute atomic E-state index is 0.692. The average Bonchev–Trinajstić information content (AvgIpc) is 3.34. The maximum absolute atomic E-state index is 8.45. The Morgan fingerprint density at radius 2 is 2.04 bits per heavy atom. The molecule has 0 unspecified atom stereocenters. The van der Waals surface area contributed by atoms with Gasteiger partial charge in [0, 0.05) is 54.4 Å². The second-order valence-electron chi connectivity index (χ2n) is 7.31. The molecule has 142 valence electrons. The molecule has 0 aliphatic carbocycles. The summed E-state index contributed by atoms with van der Waals surface area (Å²) in [5.41, 5.74) is 7.47. The molecule has 1 aromatic heterocycles. The van der Waals surface area contributed by atoms with Crippen LogP contribution in [-0.4, -0.2) is 40.7 Å². The quantitative estimate of drug-likeness (QED) is 0.638. The van der Waals surface area contributed by atoms with E-state index in [1.807, 2.05) is 6.20 Å². The molecule has 2 heterocycles. The fourth-order valence-electron chi connectivity index (χ4n) is 3.68. The van der Waals surface area contributed by atoms with Gasteiger partial charge in [-0.15, -0.1) is 0 Å². The van der Waals surface area contributed by atoms with Crippen LogP contribution in [0.1, 0.15) is 16.7 Å². The van der Waals surface area contributed by atoms with Gasteiger partial charge >= 0.3 is 0 Å². The number of rotatable bonds is 5. The van der Waals surface area contributed by atoms with Gasteiger partial charge in [-0.25, -0.2) is 4.98 Å². The lowest BCUT2D eigenvalue weighted by atomic mass is 9.99. The van der Waals surface area contributed by atoms with Gasteiger partial charge in [-0.3, -0.25) is 4.90 Å². The van der Waals surface area contributed by atoms with E-state index in [0.717, 1.165) is 29.2 Å². The van der Waals surface area contributed by atoms with E-state index in [1.54, 1.807) is 6.20 Å². The average molecular weight is 371 g/mol. The molecule has 0 saturated carbocycles. The van der Waals surface area contributed by atoms with E-state index in [9.17, 15) is 0 Å². The van der Waals surface area contributed by atoms with Crippen LogP contribution in [0.25, 0.3) is 17.1 Å². The Morgan fingerprint density at radius 3 is 2.75 bits per heavy atom. The van der Waals surface area contributed by atoms with Crippen LogP contribution < -0.4 is 5.32 Å². The number of nitrogens with zero attached hydrogens (tertiary/aromatic N) is 2. The lowest BCUT2D eigenvalue weighted by Crippen LogP contribution is -2.18. The molecule has 5 nitrogen and oxygen atoms in total. The van der Waals surface area contributed by atoms with Crippen molar-refractivity contribution < 1.29 is 0 Å². The molecular weight excluding hydrogens is 346 g/mol. The third-order valence-electron chi connectivity index (χ3n) is 5.10. The number of nitrogens with one attached hydrogen (secondary N) is 3.